The van der Waals surface area contributed by atoms with Gasteiger partial charge in [-0.3, -0.25) is 0 Å². The Hall–Kier alpha value is -0.930. The van der Waals surface area contributed by atoms with E-state index in [4.69, 9.17) is 10.5 Å². The number of aryl methyl sites for hydroxylation is 1. The zero-order valence-electron chi connectivity index (χ0n) is 10.4. The lowest BCUT2D eigenvalue weighted by molar-refractivity contribution is 0.00993. The van der Waals surface area contributed by atoms with Crippen molar-refractivity contribution in [2.45, 2.75) is 38.8 Å². The molecule has 0 aliphatic heterocycles. The molecule has 1 unspecified atom stereocenters. The molecule has 2 nitrogen and oxygen atoms in total. The van der Waals surface area contributed by atoms with Crippen LogP contribution in [0.15, 0.2) is 18.2 Å². The molecule has 90 valence electrons. The molecule has 0 bridgehead atoms. The first-order valence-corrected chi connectivity index (χ1v) is 5.42. The smallest absolute Gasteiger partial charge is 0.126 e. The Morgan fingerprint density at radius 3 is 2.56 bits per heavy atom. The van der Waals surface area contributed by atoms with Crippen molar-refractivity contribution in [1.82, 2.24) is 0 Å². The topological polar surface area (TPSA) is 35.2 Å². The number of nitrogens with two attached hydrogens (primary N) is 1. The molecule has 0 spiro atoms. The number of hydrogen-bond acceptors (Lipinski definition) is 2. The Labute approximate surface area is 96.6 Å². The summed E-state index contributed by atoms with van der Waals surface area (Å²) in [6.45, 7) is 5.68. The van der Waals surface area contributed by atoms with Gasteiger partial charge < -0.3 is 10.5 Å². The molecule has 0 saturated heterocycles. The Kier molecular flexibility index (Phi) is 4.05. The molecular formula is C13H20FNO. The number of hydrogen-bond donors (Lipinski definition) is 1. The molecule has 0 aromatic heterocycles. The van der Waals surface area contributed by atoms with Crippen molar-refractivity contribution in [2.75, 3.05) is 7.11 Å². The molecule has 0 heterocycles. The van der Waals surface area contributed by atoms with Gasteiger partial charge in [-0.15, -0.1) is 0 Å². The van der Waals surface area contributed by atoms with Crippen LogP contribution in [0.25, 0.3) is 0 Å². The maximum absolute atomic E-state index is 13.4. The average molecular weight is 225 g/mol. The monoisotopic (exact) mass is 225 g/mol. The van der Waals surface area contributed by atoms with Crippen molar-refractivity contribution >= 4 is 0 Å². The minimum atomic E-state index is -0.291. The van der Waals surface area contributed by atoms with E-state index in [2.05, 4.69) is 0 Å². The summed E-state index contributed by atoms with van der Waals surface area (Å²) in [6, 6.07) is 4.93. The van der Waals surface area contributed by atoms with E-state index in [0.29, 0.717) is 12.0 Å². The van der Waals surface area contributed by atoms with Gasteiger partial charge in [-0.05, 0) is 44.4 Å². The van der Waals surface area contributed by atoms with Crippen molar-refractivity contribution in [3.63, 3.8) is 0 Å². The summed E-state index contributed by atoms with van der Waals surface area (Å²) in [7, 11) is 1.66. The minimum Gasteiger partial charge on any atom is -0.379 e. The van der Waals surface area contributed by atoms with Crippen molar-refractivity contribution in [3.05, 3.63) is 35.1 Å². The van der Waals surface area contributed by atoms with Crippen LogP contribution < -0.4 is 5.73 Å². The summed E-state index contributed by atoms with van der Waals surface area (Å²) in [4.78, 5) is 0. The average Bonchev–Trinajstić information content (AvgIpc) is 2.21. The third-order valence-corrected chi connectivity index (χ3v) is 2.89. The van der Waals surface area contributed by atoms with Gasteiger partial charge in [-0.2, -0.15) is 0 Å². The SMILES string of the molecule is COC(C)(C)CC(N)c1ccc(C)c(F)c1. The Morgan fingerprint density at radius 2 is 2.06 bits per heavy atom. The summed E-state index contributed by atoms with van der Waals surface area (Å²) in [6.07, 6.45) is 0.659. The molecule has 0 amide bonds. The number of ether oxygens (including phenoxy) is 1. The van der Waals surface area contributed by atoms with E-state index < -0.39 is 0 Å². The highest BCUT2D eigenvalue weighted by atomic mass is 19.1. The van der Waals surface area contributed by atoms with E-state index in [1.807, 2.05) is 19.9 Å². The van der Waals surface area contributed by atoms with Gasteiger partial charge in [0.15, 0.2) is 0 Å². The lowest BCUT2D eigenvalue weighted by atomic mass is 9.94. The predicted molar refractivity (Wildman–Crippen MR) is 63.8 cm³/mol. The number of benzene rings is 1. The third kappa shape index (κ3) is 3.29. The van der Waals surface area contributed by atoms with Crippen molar-refractivity contribution < 1.29 is 9.13 Å². The van der Waals surface area contributed by atoms with Gasteiger partial charge in [0.25, 0.3) is 0 Å². The number of rotatable bonds is 4. The largest absolute Gasteiger partial charge is 0.379 e. The second-order valence-electron chi connectivity index (χ2n) is 4.78. The van der Waals surface area contributed by atoms with Gasteiger partial charge in [-0.1, -0.05) is 12.1 Å². The van der Waals surface area contributed by atoms with Gasteiger partial charge in [0, 0.05) is 13.2 Å². The highest BCUT2D eigenvalue weighted by Gasteiger charge is 2.21. The normalized spacial score (nSPS) is 13.9. The lowest BCUT2D eigenvalue weighted by Gasteiger charge is -2.26. The molecule has 1 aromatic rings. The van der Waals surface area contributed by atoms with Crippen LogP contribution in [0.5, 0.6) is 0 Å². The highest BCUT2D eigenvalue weighted by Crippen LogP contribution is 2.25. The molecule has 3 heteroatoms. The summed E-state index contributed by atoms with van der Waals surface area (Å²) >= 11 is 0. The molecule has 16 heavy (non-hydrogen) atoms. The first-order valence-electron chi connectivity index (χ1n) is 5.42. The molecule has 0 saturated carbocycles. The van der Waals surface area contributed by atoms with Gasteiger partial charge in [-0.25, -0.2) is 4.39 Å². The van der Waals surface area contributed by atoms with Gasteiger partial charge in [0.1, 0.15) is 5.82 Å². The highest BCUT2D eigenvalue weighted by molar-refractivity contribution is 5.25. The van der Waals surface area contributed by atoms with Gasteiger partial charge in [0.2, 0.25) is 0 Å². The number of methoxy groups -OCH3 is 1. The number of halogens is 1. The fourth-order valence-electron chi connectivity index (χ4n) is 1.57. The maximum Gasteiger partial charge on any atom is 0.126 e. The molecule has 0 fully saturated rings. The van der Waals surface area contributed by atoms with Crippen LogP contribution >= 0.6 is 0 Å². The van der Waals surface area contributed by atoms with Gasteiger partial charge in [0.05, 0.1) is 5.60 Å². The van der Waals surface area contributed by atoms with Gasteiger partial charge >= 0.3 is 0 Å². The van der Waals surface area contributed by atoms with E-state index in [-0.39, 0.29) is 17.5 Å². The lowest BCUT2D eigenvalue weighted by Crippen LogP contribution is -2.28. The van der Waals surface area contributed by atoms with Crippen LogP contribution in [0.2, 0.25) is 0 Å². The molecule has 0 aliphatic rings. The molecule has 0 aliphatic carbocycles. The van der Waals surface area contributed by atoms with Crippen LogP contribution in [0.4, 0.5) is 4.39 Å². The van der Waals surface area contributed by atoms with E-state index in [0.717, 1.165) is 5.56 Å². The maximum atomic E-state index is 13.4. The third-order valence-electron chi connectivity index (χ3n) is 2.89. The molecule has 1 atom stereocenters. The second kappa shape index (κ2) is 4.93. The van der Waals surface area contributed by atoms with Crippen LogP contribution in [0.1, 0.15) is 37.4 Å². The summed E-state index contributed by atoms with van der Waals surface area (Å²) in [5, 5.41) is 0. The molecule has 1 aromatic carbocycles. The Morgan fingerprint density at radius 1 is 1.44 bits per heavy atom. The Bertz CT molecular complexity index is 363. The summed E-state index contributed by atoms with van der Waals surface area (Å²) in [5.74, 6) is -0.205. The summed E-state index contributed by atoms with van der Waals surface area (Å²) < 4.78 is 18.7. The van der Waals surface area contributed by atoms with E-state index in [1.165, 1.54) is 6.07 Å². The fraction of sp³-hybridized carbons (Fsp3) is 0.538. The predicted octanol–water partition coefficient (Wildman–Crippen LogP) is 2.95. The van der Waals surface area contributed by atoms with E-state index in [1.54, 1.807) is 20.1 Å². The van der Waals surface area contributed by atoms with Crippen LogP contribution in [-0.4, -0.2) is 12.7 Å². The second-order valence-corrected chi connectivity index (χ2v) is 4.78. The summed E-state index contributed by atoms with van der Waals surface area (Å²) in [5.41, 5.74) is 7.19. The van der Waals surface area contributed by atoms with E-state index >= 15 is 0 Å². The molecule has 1 rings (SSSR count). The first kappa shape index (κ1) is 13.1. The zero-order valence-corrected chi connectivity index (χ0v) is 10.4. The van der Waals surface area contributed by atoms with Crippen LogP contribution in [-0.2, 0) is 4.74 Å². The Balaban J connectivity index is 2.81. The molecular weight excluding hydrogens is 205 g/mol. The van der Waals surface area contributed by atoms with Crippen LogP contribution in [0.3, 0.4) is 0 Å². The minimum absolute atomic E-state index is 0.204. The quantitative estimate of drug-likeness (QED) is 0.855. The van der Waals surface area contributed by atoms with Crippen LogP contribution in [0, 0.1) is 12.7 Å². The standard InChI is InChI=1S/C13H20FNO/c1-9-5-6-10(7-11(9)14)12(15)8-13(2,3)16-4/h5-7,12H,8,15H2,1-4H3. The van der Waals surface area contributed by atoms with Crippen molar-refractivity contribution in [2.24, 2.45) is 5.73 Å². The first-order chi connectivity index (χ1) is 7.35. The fourth-order valence-corrected chi connectivity index (χ4v) is 1.57. The molecule has 0 radical (unpaired) electrons. The van der Waals surface area contributed by atoms with E-state index in [9.17, 15) is 4.39 Å². The van der Waals surface area contributed by atoms with Crippen molar-refractivity contribution in [3.8, 4) is 0 Å². The molecule has 2 N–H and O–H groups in total. The zero-order chi connectivity index (χ0) is 12.3. The van der Waals surface area contributed by atoms with Crippen molar-refractivity contribution in [1.29, 1.82) is 0 Å².